The van der Waals surface area contributed by atoms with Crippen LogP contribution in [0.25, 0.3) is 0 Å². The molecule has 2 unspecified atom stereocenters. The van der Waals surface area contributed by atoms with Crippen LogP contribution in [0.4, 0.5) is 0 Å². The molecule has 6 heteroatoms. The van der Waals surface area contributed by atoms with Crippen molar-refractivity contribution in [2.45, 2.75) is 39.2 Å². The van der Waals surface area contributed by atoms with Gasteiger partial charge in [0.05, 0.1) is 5.92 Å². The normalized spacial score (nSPS) is 23.4. The highest BCUT2D eigenvalue weighted by Gasteiger charge is 2.40. The maximum Gasteiger partial charge on any atom is 0.309 e. The van der Waals surface area contributed by atoms with E-state index in [-0.39, 0.29) is 11.8 Å². The third kappa shape index (κ3) is 3.67. The van der Waals surface area contributed by atoms with Crippen LogP contribution in [-0.4, -0.2) is 28.4 Å². The summed E-state index contributed by atoms with van der Waals surface area (Å²) in [6, 6.07) is 2.94. The Morgan fingerprint density at radius 1 is 1.52 bits per heavy atom. The topological polar surface area (TPSA) is 70.8 Å². The van der Waals surface area contributed by atoms with Crippen molar-refractivity contribution in [3.8, 4) is 0 Å². The molecule has 21 heavy (non-hydrogen) atoms. The molecule has 116 valence electrons. The lowest BCUT2D eigenvalue weighted by Gasteiger charge is -2.33. The van der Waals surface area contributed by atoms with E-state index in [4.69, 9.17) is 4.42 Å². The SMILES string of the molecule is CC(C)CN1C(=O)CCCC(C(=O)O)C1c1ccc(Br)o1. The summed E-state index contributed by atoms with van der Waals surface area (Å²) in [6.07, 6.45) is 1.48. The number of hydrogen-bond donors (Lipinski definition) is 1. The van der Waals surface area contributed by atoms with Gasteiger partial charge in [0.15, 0.2) is 4.67 Å². The van der Waals surface area contributed by atoms with Crippen LogP contribution in [0.5, 0.6) is 0 Å². The number of carbonyl (C=O) groups is 2. The number of hydrogen-bond acceptors (Lipinski definition) is 3. The standard InChI is InChI=1S/C15H20BrNO4/c1-9(2)8-17-13(18)5-3-4-10(15(19)20)14(17)11-6-7-12(16)21-11/h6-7,9-10,14H,3-5,8H2,1-2H3,(H,19,20). The molecule has 1 amide bonds. The van der Waals surface area contributed by atoms with Crippen LogP contribution in [0.1, 0.15) is 44.9 Å². The lowest BCUT2D eigenvalue weighted by atomic mass is 9.92. The Hall–Kier alpha value is -1.30. The summed E-state index contributed by atoms with van der Waals surface area (Å²) in [4.78, 5) is 25.7. The van der Waals surface area contributed by atoms with Gasteiger partial charge < -0.3 is 14.4 Å². The first-order valence-electron chi connectivity index (χ1n) is 7.17. The van der Waals surface area contributed by atoms with Gasteiger partial charge in [-0.25, -0.2) is 0 Å². The lowest BCUT2D eigenvalue weighted by molar-refractivity contribution is -0.146. The Balaban J connectivity index is 2.43. The van der Waals surface area contributed by atoms with E-state index < -0.39 is 17.9 Å². The molecule has 0 aliphatic carbocycles. The first kappa shape index (κ1) is 16.1. The van der Waals surface area contributed by atoms with Gasteiger partial charge in [0.2, 0.25) is 5.91 Å². The number of nitrogens with zero attached hydrogens (tertiary/aromatic N) is 1. The minimum absolute atomic E-state index is 0.00460. The average Bonchev–Trinajstić information content (AvgIpc) is 2.74. The van der Waals surface area contributed by atoms with Gasteiger partial charge in [0, 0.05) is 13.0 Å². The summed E-state index contributed by atoms with van der Waals surface area (Å²) in [6.45, 7) is 4.57. The summed E-state index contributed by atoms with van der Waals surface area (Å²) < 4.78 is 6.12. The first-order chi connectivity index (χ1) is 9.90. The molecule has 1 aromatic heterocycles. The molecule has 0 radical (unpaired) electrons. The smallest absolute Gasteiger partial charge is 0.309 e. The van der Waals surface area contributed by atoms with E-state index in [1.54, 1.807) is 17.0 Å². The lowest BCUT2D eigenvalue weighted by Crippen LogP contribution is -2.40. The average molecular weight is 358 g/mol. The molecule has 0 saturated carbocycles. The van der Waals surface area contributed by atoms with Gasteiger partial charge >= 0.3 is 5.97 Å². The van der Waals surface area contributed by atoms with E-state index in [0.29, 0.717) is 36.2 Å². The van der Waals surface area contributed by atoms with E-state index in [1.807, 2.05) is 13.8 Å². The fourth-order valence-corrected chi connectivity index (χ4v) is 3.17. The maximum atomic E-state index is 12.4. The Bertz CT molecular complexity index is 525. The Morgan fingerprint density at radius 2 is 2.24 bits per heavy atom. The zero-order valence-electron chi connectivity index (χ0n) is 12.2. The van der Waals surface area contributed by atoms with Crippen LogP contribution in [0.2, 0.25) is 0 Å². The summed E-state index contributed by atoms with van der Waals surface area (Å²) in [7, 11) is 0. The van der Waals surface area contributed by atoms with Gasteiger partial charge in [0.1, 0.15) is 11.8 Å². The van der Waals surface area contributed by atoms with Crippen molar-refractivity contribution >= 4 is 27.8 Å². The first-order valence-corrected chi connectivity index (χ1v) is 7.97. The van der Waals surface area contributed by atoms with Gasteiger partial charge in [0.25, 0.3) is 0 Å². The largest absolute Gasteiger partial charge is 0.481 e. The van der Waals surface area contributed by atoms with Crippen molar-refractivity contribution < 1.29 is 19.1 Å². The van der Waals surface area contributed by atoms with Crippen molar-refractivity contribution in [3.63, 3.8) is 0 Å². The van der Waals surface area contributed by atoms with Crippen molar-refractivity contribution in [2.24, 2.45) is 11.8 Å². The van der Waals surface area contributed by atoms with E-state index in [0.717, 1.165) is 0 Å². The van der Waals surface area contributed by atoms with Crippen molar-refractivity contribution in [3.05, 3.63) is 22.6 Å². The quantitative estimate of drug-likeness (QED) is 0.895. The van der Waals surface area contributed by atoms with Gasteiger partial charge in [-0.15, -0.1) is 0 Å². The molecule has 0 spiro atoms. The molecule has 1 fully saturated rings. The summed E-state index contributed by atoms with van der Waals surface area (Å²) >= 11 is 3.24. The molecule has 5 nitrogen and oxygen atoms in total. The summed E-state index contributed by atoms with van der Waals surface area (Å²) in [5.41, 5.74) is 0. The number of furan rings is 1. The van der Waals surface area contributed by atoms with Gasteiger partial charge in [-0.2, -0.15) is 0 Å². The zero-order valence-corrected chi connectivity index (χ0v) is 13.8. The van der Waals surface area contributed by atoms with Crippen molar-refractivity contribution in [1.82, 2.24) is 4.90 Å². The molecule has 2 atom stereocenters. The fourth-order valence-electron chi connectivity index (χ4n) is 2.85. The van der Waals surface area contributed by atoms with E-state index >= 15 is 0 Å². The summed E-state index contributed by atoms with van der Waals surface area (Å²) in [5, 5.41) is 9.55. The highest BCUT2D eigenvalue weighted by atomic mass is 79.9. The molecular weight excluding hydrogens is 338 g/mol. The molecule has 1 aliphatic heterocycles. The number of carboxylic acid groups (broad SMARTS) is 1. The third-order valence-electron chi connectivity index (χ3n) is 3.71. The molecule has 1 aliphatic rings. The number of rotatable bonds is 4. The Kier molecular flexibility index (Phi) is 5.08. The van der Waals surface area contributed by atoms with Crippen LogP contribution in [0.15, 0.2) is 21.2 Å². The molecule has 0 aromatic carbocycles. The second kappa shape index (κ2) is 6.64. The van der Waals surface area contributed by atoms with Crippen LogP contribution in [0.3, 0.4) is 0 Å². The predicted octanol–water partition coefficient (Wildman–Crippen LogP) is 3.45. The van der Waals surface area contributed by atoms with E-state index in [1.165, 1.54) is 0 Å². The second-order valence-electron chi connectivity index (χ2n) is 5.86. The molecular formula is C15H20BrNO4. The highest BCUT2D eigenvalue weighted by Crippen LogP contribution is 2.37. The van der Waals surface area contributed by atoms with E-state index in [2.05, 4.69) is 15.9 Å². The highest BCUT2D eigenvalue weighted by molar-refractivity contribution is 9.10. The monoisotopic (exact) mass is 357 g/mol. The molecule has 2 rings (SSSR count). The number of amides is 1. The third-order valence-corrected chi connectivity index (χ3v) is 4.13. The molecule has 1 N–H and O–H groups in total. The number of aliphatic carboxylic acids is 1. The van der Waals surface area contributed by atoms with Crippen molar-refractivity contribution in [1.29, 1.82) is 0 Å². The predicted molar refractivity (Wildman–Crippen MR) is 80.7 cm³/mol. The molecule has 1 aromatic rings. The molecule has 2 heterocycles. The van der Waals surface area contributed by atoms with E-state index in [9.17, 15) is 14.7 Å². The van der Waals surface area contributed by atoms with Crippen molar-refractivity contribution in [2.75, 3.05) is 6.54 Å². The fraction of sp³-hybridized carbons (Fsp3) is 0.600. The van der Waals surface area contributed by atoms with Gasteiger partial charge in [-0.3, -0.25) is 9.59 Å². The zero-order chi connectivity index (χ0) is 15.6. The van der Waals surface area contributed by atoms with Gasteiger partial charge in [-0.1, -0.05) is 13.8 Å². The van der Waals surface area contributed by atoms with Crippen LogP contribution < -0.4 is 0 Å². The molecule has 1 saturated heterocycles. The summed E-state index contributed by atoms with van der Waals surface area (Å²) in [5.74, 6) is -0.707. The minimum Gasteiger partial charge on any atom is -0.481 e. The minimum atomic E-state index is -0.879. The number of halogens is 1. The van der Waals surface area contributed by atoms with Crippen LogP contribution in [0, 0.1) is 11.8 Å². The van der Waals surface area contributed by atoms with Crippen LogP contribution >= 0.6 is 15.9 Å². The molecule has 0 bridgehead atoms. The number of carbonyl (C=O) groups excluding carboxylic acids is 1. The second-order valence-corrected chi connectivity index (χ2v) is 6.65. The Labute approximate surface area is 132 Å². The number of carboxylic acids is 1. The van der Waals surface area contributed by atoms with Crippen LogP contribution in [-0.2, 0) is 9.59 Å². The van der Waals surface area contributed by atoms with Gasteiger partial charge in [-0.05, 0) is 46.8 Å². The number of likely N-dealkylation sites (tertiary alicyclic amines) is 1. The maximum absolute atomic E-state index is 12.4. The Morgan fingerprint density at radius 3 is 2.76 bits per heavy atom.